The fraction of sp³-hybridized carbons (Fsp3) is 0.368. The number of benzene rings is 1. The number of amides is 2. The SMILES string of the molecule is CC(=O)N1CCN(C(=O)c2cnc(Nc3c(C)cc(C)cc3Cl)cn2)CC1. The highest BCUT2D eigenvalue weighted by Crippen LogP contribution is 2.29. The molecule has 1 aliphatic rings. The maximum Gasteiger partial charge on any atom is 0.274 e. The predicted octanol–water partition coefficient (Wildman–Crippen LogP) is 2.79. The highest BCUT2D eigenvalue weighted by molar-refractivity contribution is 6.33. The second-order valence-corrected chi connectivity index (χ2v) is 7.06. The molecule has 2 amide bonds. The van der Waals surface area contributed by atoms with Crippen LogP contribution in [0.5, 0.6) is 0 Å². The summed E-state index contributed by atoms with van der Waals surface area (Å²) in [6.07, 6.45) is 2.98. The van der Waals surface area contributed by atoms with Crippen LogP contribution in [0.15, 0.2) is 24.5 Å². The van der Waals surface area contributed by atoms with Gasteiger partial charge in [-0.25, -0.2) is 9.97 Å². The molecule has 0 unspecified atom stereocenters. The lowest BCUT2D eigenvalue weighted by atomic mass is 10.1. The molecule has 1 aromatic heterocycles. The van der Waals surface area contributed by atoms with E-state index in [1.807, 2.05) is 26.0 Å². The largest absolute Gasteiger partial charge is 0.339 e. The number of hydrogen-bond acceptors (Lipinski definition) is 5. The summed E-state index contributed by atoms with van der Waals surface area (Å²) in [5.41, 5.74) is 3.14. The molecule has 0 atom stereocenters. The fourth-order valence-corrected chi connectivity index (χ4v) is 3.46. The molecule has 1 aliphatic heterocycles. The summed E-state index contributed by atoms with van der Waals surface area (Å²) in [7, 11) is 0. The van der Waals surface area contributed by atoms with Crippen LogP contribution in [0.1, 0.15) is 28.5 Å². The van der Waals surface area contributed by atoms with Gasteiger partial charge in [0.2, 0.25) is 5.91 Å². The van der Waals surface area contributed by atoms with Crippen LogP contribution in [-0.2, 0) is 4.79 Å². The molecule has 2 heterocycles. The predicted molar refractivity (Wildman–Crippen MR) is 104 cm³/mol. The number of aromatic nitrogens is 2. The number of carbonyl (C=O) groups is 2. The van der Waals surface area contributed by atoms with Gasteiger partial charge < -0.3 is 15.1 Å². The molecule has 1 fully saturated rings. The van der Waals surface area contributed by atoms with E-state index >= 15 is 0 Å². The summed E-state index contributed by atoms with van der Waals surface area (Å²) in [4.78, 5) is 35.9. The molecule has 0 radical (unpaired) electrons. The molecule has 8 heteroatoms. The summed E-state index contributed by atoms with van der Waals surface area (Å²) in [6, 6.07) is 3.91. The van der Waals surface area contributed by atoms with E-state index < -0.39 is 0 Å². The second-order valence-electron chi connectivity index (χ2n) is 6.65. The summed E-state index contributed by atoms with van der Waals surface area (Å²) in [6.45, 7) is 7.57. The highest BCUT2D eigenvalue weighted by atomic mass is 35.5. The van der Waals surface area contributed by atoms with Crippen LogP contribution in [0.25, 0.3) is 0 Å². The first-order chi connectivity index (χ1) is 12.8. The summed E-state index contributed by atoms with van der Waals surface area (Å²) in [5.74, 6) is 0.367. The van der Waals surface area contributed by atoms with E-state index in [0.29, 0.717) is 37.0 Å². The van der Waals surface area contributed by atoms with Crippen molar-refractivity contribution < 1.29 is 9.59 Å². The van der Waals surface area contributed by atoms with Crippen LogP contribution < -0.4 is 5.32 Å². The van der Waals surface area contributed by atoms with Gasteiger partial charge in [0, 0.05) is 33.1 Å². The third-order valence-corrected chi connectivity index (χ3v) is 4.87. The van der Waals surface area contributed by atoms with Gasteiger partial charge in [-0.15, -0.1) is 0 Å². The van der Waals surface area contributed by atoms with E-state index in [1.165, 1.54) is 19.3 Å². The molecule has 7 nitrogen and oxygen atoms in total. The van der Waals surface area contributed by atoms with Crippen molar-refractivity contribution in [2.45, 2.75) is 20.8 Å². The Morgan fingerprint density at radius 1 is 1.04 bits per heavy atom. The van der Waals surface area contributed by atoms with E-state index in [2.05, 4.69) is 15.3 Å². The molecule has 1 aromatic carbocycles. The zero-order chi connectivity index (χ0) is 19.6. The van der Waals surface area contributed by atoms with Crippen LogP contribution in [-0.4, -0.2) is 57.8 Å². The van der Waals surface area contributed by atoms with Crippen molar-refractivity contribution >= 4 is 34.9 Å². The second kappa shape index (κ2) is 7.92. The van der Waals surface area contributed by atoms with E-state index in [-0.39, 0.29) is 17.5 Å². The Kier molecular flexibility index (Phi) is 5.60. The smallest absolute Gasteiger partial charge is 0.274 e. The lowest BCUT2D eigenvalue weighted by Gasteiger charge is -2.33. The number of anilines is 2. The molecule has 0 saturated carbocycles. The Morgan fingerprint density at radius 2 is 1.70 bits per heavy atom. The fourth-order valence-electron chi connectivity index (χ4n) is 3.09. The first-order valence-corrected chi connectivity index (χ1v) is 9.13. The van der Waals surface area contributed by atoms with E-state index in [9.17, 15) is 9.59 Å². The molecule has 1 saturated heterocycles. The molecular weight excluding hydrogens is 366 g/mol. The minimum Gasteiger partial charge on any atom is -0.339 e. The highest BCUT2D eigenvalue weighted by Gasteiger charge is 2.24. The lowest BCUT2D eigenvalue weighted by Crippen LogP contribution is -2.50. The zero-order valence-electron chi connectivity index (χ0n) is 15.6. The summed E-state index contributed by atoms with van der Waals surface area (Å²) >= 11 is 6.30. The van der Waals surface area contributed by atoms with Crippen LogP contribution in [0.2, 0.25) is 5.02 Å². The third-order valence-electron chi connectivity index (χ3n) is 4.57. The quantitative estimate of drug-likeness (QED) is 0.876. The van der Waals surface area contributed by atoms with Gasteiger partial charge in [0.15, 0.2) is 0 Å². The van der Waals surface area contributed by atoms with E-state index in [4.69, 9.17) is 11.6 Å². The molecule has 142 valence electrons. The summed E-state index contributed by atoms with van der Waals surface area (Å²) < 4.78 is 0. The Labute approximate surface area is 163 Å². The van der Waals surface area contributed by atoms with Crippen LogP contribution in [0.4, 0.5) is 11.5 Å². The summed E-state index contributed by atoms with van der Waals surface area (Å²) in [5, 5.41) is 3.77. The van der Waals surface area contributed by atoms with Gasteiger partial charge in [-0.3, -0.25) is 9.59 Å². The van der Waals surface area contributed by atoms with Crippen molar-refractivity contribution in [1.29, 1.82) is 0 Å². The average Bonchev–Trinajstić information content (AvgIpc) is 2.64. The molecule has 3 rings (SSSR count). The van der Waals surface area contributed by atoms with Gasteiger partial charge in [-0.2, -0.15) is 0 Å². The lowest BCUT2D eigenvalue weighted by molar-refractivity contribution is -0.130. The minimum atomic E-state index is -0.179. The van der Waals surface area contributed by atoms with Crippen LogP contribution in [0, 0.1) is 13.8 Å². The van der Waals surface area contributed by atoms with Crippen molar-refractivity contribution in [3.05, 3.63) is 46.4 Å². The van der Waals surface area contributed by atoms with Crippen molar-refractivity contribution in [1.82, 2.24) is 19.8 Å². The molecule has 0 spiro atoms. The molecule has 1 N–H and O–H groups in total. The average molecular weight is 388 g/mol. The number of hydrogen-bond donors (Lipinski definition) is 1. The van der Waals surface area contributed by atoms with E-state index in [0.717, 1.165) is 16.8 Å². The van der Waals surface area contributed by atoms with Gasteiger partial charge in [-0.1, -0.05) is 17.7 Å². The molecule has 27 heavy (non-hydrogen) atoms. The standard InChI is InChI=1S/C19H22ClN5O2/c1-12-8-13(2)18(15(20)9-12)23-17-11-21-16(10-22-17)19(27)25-6-4-24(5-7-25)14(3)26/h8-11H,4-7H2,1-3H3,(H,22,23). The molecule has 0 aliphatic carbocycles. The number of rotatable bonds is 3. The topological polar surface area (TPSA) is 78.4 Å². The van der Waals surface area contributed by atoms with Crippen molar-refractivity contribution in [3.8, 4) is 0 Å². The van der Waals surface area contributed by atoms with Gasteiger partial charge in [0.25, 0.3) is 5.91 Å². The van der Waals surface area contributed by atoms with Crippen molar-refractivity contribution in [3.63, 3.8) is 0 Å². The Balaban J connectivity index is 1.67. The third kappa shape index (κ3) is 4.36. The zero-order valence-corrected chi connectivity index (χ0v) is 16.4. The Bertz CT molecular complexity index is 838. The monoisotopic (exact) mass is 387 g/mol. The molecule has 0 bridgehead atoms. The number of nitrogens with zero attached hydrogens (tertiary/aromatic N) is 4. The first-order valence-electron chi connectivity index (χ1n) is 8.76. The number of piperazine rings is 1. The Morgan fingerprint density at radius 3 is 2.26 bits per heavy atom. The van der Waals surface area contributed by atoms with Gasteiger partial charge in [-0.05, 0) is 31.0 Å². The minimum absolute atomic E-state index is 0.0300. The number of aryl methyl sites for hydroxylation is 2. The van der Waals surface area contributed by atoms with Gasteiger partial charge >= 0.3 is 0 Å². The number of halogens is 1. The molecule has 2 aromatic rings. The van der Waals surface area contributed by atoms with E-state index in [1.54, 1.807) is 9.80 Å². The van der Waals surface area contributed by atoms with Crippen molar-refractivity contribution in [2.75, 3.05) is 31.5 Å². The molecular formula is C19H22ClN5O2. The van der Waals surface area contributed by atoms with Crippen molar-refractivity contribution in [2.24, 2.45) is 0 Å². The van der Waals surface area contributed by atoms with Crippen LogP contribution >= 0.6 is 11.6 Å². The maximum atomic E-state index is 12.6. The van der Waals surface area contributed by atoms with Gasteiger partial charge in [0.05, 0.1) is 23.1 Å². The van der Waals surface area contributed by atoms with Crippen LogP contribution in [0.3, 0.4) is 0 Å². The van der Waals surface area contributed by atoms with Gasteiger partial charge in [0.1, 0.15) is 11.5 Å². The first kappa shape index (κ1) is 19.1. The number of nitrogens with one attached hydrogen (secondary N) is 1. The number of carbonyl (C=O) groups excluding carboxylic acids is 2. The maximum absolute atomic E-state index is 12.6. The normalized spacial score (nSPS) is 14.2. The Hall–Kier alpha value is -2.67.